The number of amidine groups is 1. The van der Waals surface area contributed by atoms with Crippen LogP contribution in [0.5, 0.6) is 5.75 Å². The molecule has 1 saturated heterocycles. The predicted octanol–water partition coefficient (Wildman–Crippen LogP) is 2.85. The number of hydrogen-bond donors (Lipinski definition) is 2. The summed E-state index contributed by atoms with van der Waals surface area (Å²) in [5.74, 6) is -0.498. The number of anilines is 1. The van der Waals surface area contributed by atoms with Gasteiger partial charge in [0, 0.05) is 18.6 Å². The number of nitro benzene ring substituents is 1. The number of thioether (sulfide) groups is 1. The van der Waals surface area contributed by atoms with Gasteiger partial charge in [0.05, 0.1) is 23.4 Å². The molecule has 0 aliphatic carbocycles. The molecule has 144 valence electrons. The largest absolute Gasteiger partial charge is 0.495 e. The Morgan fingerprint density at radius 1 is 1.32 bits per heavy atom. The van der Waals surface area contributed by atoms with Gasteiger partial charge in [-0.1, -0.05) is 30.0 Å². The number of carbonyl (C=O) groups is 2. The summed E-state index contributed by atoms with van der Waals surface area (Å²) in [6.45, 7) is 0. The van der Waals surface area contributed by atoms with Gasteiger partial charge in [-0.15, -0.1) is 0 Å². The third-order valence-electron chi connectivity index (χ3n) is 3.80. The van der Waals surface area contributed by atoms with Crippen molar-refractivity contribution in [2.45, 2.75) is 11.7 Å². The first kappa shape index (κ1) is 19.4. The molecule has 1 heterocycles. The van der Waals surface area contributed by atoms with Crippen LogP contribution in [0.2, 0.25) is 0 Å². The second-order valence-electron chi connectivity index (χ2n) is 5.74. The number of hydrogen-bond acceptors (Lipinski definition) is 7. The molecule has 0 saturated carbocycles. The normalized spacial score (nSPS) is 17.2. The molecule has 2 aromatic carbocycles. The van der Waals surface area contributed by atoms with Crippen LogP contribution >= 0.6 is 11.8 Å². The fourth-order valence-electron chi connectivity index (χ4n) is 2.49. The van der Waals surface area contributed by atoms with E-state index in [0.29, 0.717) is 10.9 Å². The Morgan fingerprint density at radius 3 is 2.75 bits per heavy atom. The first-order valence-electron chi connectivity index (χ1n) is 8.20. The van der Waals surface area contributed by atoms with Gasteiger partial charge in [0.2, 0.25) is 11.8 Å². The summed E-state index contributed by atoms with van der Waals surface area (Å²) < 4.78 is 5.11. The molecule has 1 aliphatic heterocycles. The van der Waals surface area contributed by atoms with Crippen LogP contribution in [0.15, 0.2) is 53.5 Å². The highest BCUT2D eigenvalue weighted by Gasteiger charge is 2.32. The lowest BCUT2D eigenvalue weighted by molar-refractivity contribution is -0.384. The number of methoxy groups -OCH3 is 1. The molecule has 9 nitrogen and oxygen atoms in total. The van der Waals surface area contributed by atoms with Crippen LogP contribution in [0.3, 0.4) is 0 Å². The van der Waals surface area contributed by atoms with Crippen LogP contribution in [0.1, 0.15) is 6.42 Å². The zero-order valence-electron chi connectivity index (χ0n) is 14.7. The van der Waals surface area contributed by atoms with Crippen molar-refractivity contribution in [3.05, 3.63) is 58.6 Å². The van der Waals surface area contributed by atoms with Crippen LogP contribution in [0.25, 0.3) is 0 Å². The lowest BCUT2D eigenvalue weighted by Gasteiger charge is -2.11. The lowest BCUT2D eigenvalue weighted by Crippen LogP contribution is -2.28. The van der Waals surface area contributed by atoms with E-state index in [2.05, 4.69) is 15.6 Å². The van der Waals surface area contributed by atoms with Crippen molar-refractivity contribution in [1.29, 1.82) is 0 Å². The summed E-state index contributed by atoms with van der Waals surface area (Å²) in [4.78, 5) is 39.2. The van der Waals surface area contributed by atoms with Crippen molar-refractivity contribution in [3.8, 4) is 5.75 Å². The highest BCUT2D eigenvalue weighted by molar-refractivity contribution is 8.15. The zero-order valence-corrected chi connectivity index (χ0v) is 15.6. The number of aliphatic imine (C=N–C) groups is 1. The molecule has 0 spiro atoms. The van der Waals surface area contributed by atoms with Gasteiger partial charge in [-0.3, -0.25) is 19.7 Å². The topological polar surface area (TPSA) is 123 Å². The van der Waals surface area contributed by atoms with Gasteiger partial charge in [0.1, 0.15) is 11.0 Å². The number of carbonyl (C=O) groups excluding carboxylic acids is 2. The number of nitrogens with zero attached hydrogens (tertiary/aromatic N) is 2. The first-order chi connectivity index (χ1) is 13.5. The van der Waals surface area contributed by atoms with E-state index in [0.717, 1.165) is 11.8 Å². The molecule has 0 unspecified atom stereocenters. The number of rotatable bonds is 6. The van der Waals surface area contributed by atoms with Gasteiger partial charge in [-0.05, 0) is 18.2 Å². The molecule has 0 radical (unpaired) electrons. The molecular formula is C18H16N4O5S. The van der Waals surface area contributed by atoms with Crippen LogP contribution in [-0.4, -0.2) is 34.3 Å². The van der Waals surface area contributed by atoms with E-state index in [1.807, 2.05) is 18.2 Å². The fraction of sp³-hybridized carbons (Fsp3) is 0.167. The maximum absolute atomic E-state index is 12.4. The minimum atomic E-state index is -0.646. The molecule has 2 amide bonds. The Labute approximate surface area is 164 Å². The Balaban J connectivity index is 1.67. The summed E-state index contributed by atoms with van der Waals surface area (Å²) in [6, 6.07) is 13.0. The van der Waals surface area contributed by atoms with Gasteiger partial charge in [0.25, 0.3) is 5.69 Å². The SMILES string of the molecule is COc1ccc([N+](=O)[O-])cc1NC(=O)C[C@@H]1SC(=Nc2ccccc2)NC1=O. The monoisotopic (exact) mass is 400 g/mol. The smallest absolute Gasteiger partial charge is 0.271 e. The van der Waals surface area contributed by atoms with Gasteiger partial charge in [0.15, 0.2) is 5.17 Å². The van der Waals surface area contributed by atoms with Crippen LogP contribution in [-0.2, 0) is 9.59 Å². The Kier molecular flexibility index (Phi) is 5.90. The second kappa shape index (κ2) is 8.53. The fourth-order valence-corrected chi connectivity index (χ4v) is 3.48. The maximum Gasteiger partial charge on any atom is 0.271 e. The molecule has 0 bridgehead atoms. The molecule has 1 atom stereocenters. The molecular weight excluding hydrogens is 384 g/mol. The maximum atomic E-state index is 12.4. The number of para-hydroxylation sites is 1. The molecule has 2 N–H and O–H groups in total. The van der Waals surface area contributed by atoms with Crippen molar-refractivity contribution >= 4 is 45.8 Å². The molecule has 2 aromatic rings. The van der Waals surface area contributed by atoms with E-state index in [1.54, 1.807) is 12.1 Å². The lowest BCUT2D eigenvalue weighted by atomic mass is 10.2. The summed E-state index contributed by atoms with van der Waals surface area (Å²) in [6.07, 6.45) is -0.115. The Bertz CT molecular complexity index is 948. The number of amides is 2. The van der Waals surface area contributed by atoms with Crippen LogP contribution < -0.4 is 15.4 Å². The third kappa shape index (κ3) is 4.65. The predicted molar refractivity (Wildman–Crippen MR) is 106 cm³/mol. The van der Waals surface area contributed by atoms with Crippen molar-refractivity contribution < 1.29 is 19.2 Å². The zero-order chi connectivity index (χ0) is 20.1. The van der Waals surface area contributed by atoms with E-state index >= 15 is 0 Å². The van der Waals surface area contributed by atoms with Crippen molar-refractivity contribution in [3.63, 3.8) is 0 Å². The van der Waals surface area contributed by atoms with E-state index in [1.165, 1.54) is 25.3 Å². The molecule has 10 heteroatoms. The number of nitrogens with one attached hydrogen (secondary N) is 2. The average Bonchev–Trinajstić information content (AvgIpc) is 3.01. The molecule has 3 rings (SSSR count). The number of ether oxygens (including phenoxy) is 1. The van der Waals surface area contributed by atoms with E-state index in [-0.39, 0.29) is 29.5 Å². The van der Waals surface area contributed by atoms with Crippen LogP contribution in [0, 0.1) is 10.1 Å². The number of benzene rings is 2. The summed E-state index contributed by atoms with van der Waals surface area (Å²) >= 11 is 1.16. The molecule has 1 aliphatic rings. The van der Waals surface area contributed by atoms with E-state index in [9.17, 15) is 19.7 Å². The number of nitro groups is 1. The highest BCUT2D eigenvalue weighted by Crippen LogP contribution is 2.30. The van der Waals surface area contributed by atoms with Gasteiger partial charge < -0.3 is 15.4 Å². The summed E-state index contributed by atoms with van der Waals surface area (Å²) in [5.41, 5.74) is 0.682. The van der Waals surface area contributed by atoms with Gasteiger partial charge in [-0.25, -0.2) is 4.99 Å². The van der Waals surface area contributed by atoms with Gasteiger partial charge >= 0.3 is 0 Å². The van der Waals surface area contributed by atoms with E-state index < -0.39 is 16.1 Å². The summed E-state index contributed by atoms with van der Waals surface area (Å²) in [5, 5.41) is 15.9. The Morgan fingerprint density at radius 2 is 2.07 bits per heavy atom. The van der Waals surface area contributed by atoms with Crippen molar-refractivity contribution in [2.24, 2.45) is 4.99 Å². The minimum Gasteiger partial charge on any atom is -0.495 e. The quantitative estimate of drug-likeness (QED) is 0.568. The summed E-state index contributed by atoms with van der Waals surface area (Å²) in [7, 11) is 1.39. The third-order valence-corrected chi connectivity index (χ3v) is 4.88. The molecule has 1 fully saturated rings. The van der Waals surface area contributed by atoms with Crippen molar-refractivity contribution in [2.75, 3.05) is 12.4 Å². The second-order valence-corrected chi connectivity index (χ2v) is 6.93. The van der Waals surface area contributed by atoms with Crippen LogP contribution in [0.4, 0.5) is 17.1 Å². The number of non-ortho nitro benzene ring substituents is 1. The average molecular weight is 400 g/mol. The minimum absolute atomic E-state index is 0.115. The standard InChI is InChI=1S/C18H16N4O5S/c1-27-14-8-7-12(22(25)26)9-13(14)20-16(23)10-15-17(24)21-18(28-15)19-11-5-3-2-4-6-11/h2-9,15H,10H2,1H3,(H,20,23)(H,19,21,24)/t15-/m0/s1. The first-order valence-corrected chi connectivity index (χ1v) is 9.08. The van der Waals surface area contributed by atoms with Gasteiger partial charge in [-0.2, -0.15) is 0 Å². The van der Waals surface area contributed by atoms with Crippen molar-refractivity contribution in [1.82, 2.24) is 5.32 Å². The molecule has 28 heavy (non-hydrogen) atoms. The Hall–Kier alpha value is -3.40. The van der Waals surface area contributed by atoms with E-state index in [4.69, 9.17) is 4.74 Å². The molecule has 0 aromatic heterocycles. The highest BCUT2D eigenvalue weighted by atomic mass is 32.2.